The van der Waals surface area contributed by atoms with E-state index in [9.17, 15) is 0 Å². The monoisotopic (exact) mass is 950 g/mol. The number of hydrogen-bond acceptors (Lipinski definition) is 1. The molecule has 316 valence electrons. The molecule has 0 aliphatic heterocycles. The molecule has 0 saturated carbocycles. The molecule has 0 aliphatic rings. The molecule has 0 fully saturated rings. The third kappa shape index (κ3) is 6.48. The lowest BCUT2D eigenvalue weighted by Crippen LogP contribution is -2.48. The predicted octanol–water partition coefficient (Wildman–Crippen LogP) is -4.51. The van der Waals surface area contributed by atoms with E-state index in [2.05, 4.69) is 12.1 Å². The zero-order chi connectivity index (χ0) is 55.4. The minimum Gasteiger partial charge on any atom is -0.456 e. The Bertz CT molecular complexity index is 5130. The molecule has 79 heavy (non-hydrogen) atoms. The molecule has 0 aliphatic carbocycles. The lowest BCUT2D eigenvalue weighted by molar-refractivity contribution is 0.669. The van der Waals surface area contributed by atoms with Crippen LogP contribution in [-0.2, 0) is 0 Å². The molecule has 0 bridgehead atoms. The third-order valence-corrected chi connectivity index (χ3v) is 16.6. The number of benzene rings is 13. The second-order valence-electron chi connectivity index (χ2n) is 20.5. The molecule has 1 aromatic heterocycles. The summed E-state index contributed by atoms with van der Waals surface area (Å²) in [6, 6.07) is 32.0. The Morgan fingerprint density at radius 3 is 1.05 bits per heavy atom. The van der Waals surface area contributed by atoms with E-state index in [-0.39, 0.29) is 98.3 Å². The highest BCUT2D eigenvalue weighted by atomic mass is 16.3. The summed E-state index contributed by atoms with van der Waals surface area (Å²) in [7, 11) is 124. The van der Waals surface area contributed by atoms with Crippen LogP contribution in [0.1, 0.15) is 0 Å². The van der Waals surface area contributed by atoms with Gasteiger partial charge in [-0.2, -0.15) is 0 Å². The van der Waals surface area contributed by atoms with Crippen molar-refractivity contribution in [1.82, 2.24) is 0 Å². The minimum absolute atomic E-state index is 0.0857. The van der Waals surface area contributed by atoms with Gasteiger partial charge in [0.25, 0.3) is 0 Å². The van der Waals surface area contributed by atoms with E-state index in [0.29, 0.717) is 86.9 Å². The van der Waals surface area contributed by atoms with E-state index in [4.69, 9.17) is 146 Å². The molecule has 1 heterocycles. The molecule has 0 N–H and O–H groups in total. The van der Waals surface area contributed by atoms with Crippen LogP contribution >= 0.6 is 0 Å². The van der Waals surface area contributed by atoms with Crippen molar-refractivity contribution < 1.29 is 4.42 Å². The Hall–Kier alpha value is -6.83. The molecule has 36 radical (unpaired) electrons. The lowest BCUT2D eigenvalue weighted by atomic mass is 9.58. The maximum Gasteiger partial charge on any atom is 0.135 e. The van der Waals surface area contributed by atoms with Crippen molar-refractivity contribution in [2.24, 2.45) is 0 Å². The van der Waals surface area contributed by atoms with Crippen molar-refractivity contribution >= 4 is 337 Å². The quantitative estimate of drug-likeness (QED) is 0.128. The standard InChI is InChI=1S/C60H16B18O/c61-43-29(35-31-33-39(49(67)45(35)63)55(73)59(77)57(75)41(33)53(71)51(69)37(31)47(43)65)20-14-18(17-9-12-28-26(16-17)24-7-3-4-8-27(24)79-28)13-19(15-20)21-10-11-25(23-6-2-1-5-22(21)23)30-36-32-34-40(50(68)46(36)64)56(74)60(78)58(76)42(34)54(72)52(70)38(32)48(66)44(30)62/h1-16H. The van der Waals surface area contributed by atoms with Crippen LogP contribution in [0.15, 0.2) is 101 Å². The van der Waals surface area contributed by atoms with Crippen molar-refractivity contribution in [2.75, 3.05) is 0 Å². The highest BCUT2D eigenvalue weighted by Gasteiger charge is 2.28. The normalized spacial score (nSPS) is 12.2. The summed E-state index contributed by atoms with van der Waals surface area (Å²) in [6.07, 6.45) is 0. The van der Waals surface area contributed by atoms with Gasteiger partial charge < -0.3 is 4.42 Å². The first-order valence-corrected chi connectivity index (χ1v) is 24.9. The molecule has 14 rings (SSSR count). The van der Waals surface area contributed by atoms with Crippen molar-refractivity contribution in [3.05, 3.63) is 97.1 Å². The second kappa shape index (κ2) is 17.3. The molecular formula is C60H16B18O. The Morgan fingerprint density at radius 1 is 0.203 bits per heavy atom. The zero-order valence-electron chi connectivity index (χ0n) is 42.0. The highest BCUT2D eigenvalue weighted by Crippen LogP contribution is 2.43. The summed E-state index contributed by atoms with van der Waals surface area (Å²) in [5, 5.41) is 8.66. The molecule has 0 spiro atoms. The van der Waals surface area contributed by atoms with Crippen molar-refractivity contribution in [2.45, 2.75) is 0 Å². The third-order valence-electron chi connectivity index (χ3n) is 16.6. The molecule has 14 aromatic rings. The Kier molecular flexibility index (Phi) is 11.1. The van der Waals surface area contributed by atoms with Gasteiger partial charge in [-0.05, 0) is 156 Å². The van der Waals surface area contributed by atoms with Gasteiger partial charge in [-0.1, -0.05) is 148 Å². The van der Waals surface area contributed by atoms with E-state index in [1.54, 1.807) is 0 Å². The molecule has 0 saturated heterocycles. The number of hydrogen-bond donors (Lipinski definition) is 0. The van der Waals surface area contributed by atoms with Crippen LogP contribution in [0.5, 0.6) is 0 Å². The van der Waals surface area contributed by atoms with Crippen LogP contribution in [0.4, 0.5) is 0 Å². The van der Waals surface area contributed by atoms with E-state index in [0.717, 1.165) is 55.0 Å². The SMILES string of the molecule is [B]c1c([B])c2c([B])c([B])c3c([B])c([B])c(-c4cc(-c5ccc6oc7ccccc7c6c5)cc(-c5ccc(-c6c([B])c([B])c7c([B])c([B])c8c([B])c([B])c([B])c9c([B])c([B])c6c7c89)c6ccccc56)c4)c4c([B])c([B])c(c1[B])c2c34. The van der Waals surface area contributed by atoms with Gasteiger partial charge >= 0.3 is 0 Å². The minimum atomic E-state index is 0.0857. The Labute approximate surface area is 479 Å². The molecule has 13 aromatic carbocycles. The fraction of sp³-hybridized carbons (Fsp3) is 0. The van der Waals surface area contributed by atoms with E-state index in [1.807, 2.05) is 84.9 Å². The molecule has 19 heteroatoms. The smallest absolute Gasteiger partial charge is 0.135 e. The topological polar surface area (TPSA) is 13.1 Å². The maximum absolute atomic E-state index is 7.30. The number of para-hydroxylation sites is 1. The maximum atomic E-state index is 7.30. The molecule has 0 unspecified atom stereocenters. The van der Waals surface area contributed by atoms with E-state index in [1.165, 1.54) is 0 Å². The van der Waals surface area contributed by atoms with Gasteiger partial charge in [0.15, 0.2) is 0 Å². The van der Waals surface area contributed by atoms with Gasteiger partial charge in [-0.25, -0.2) is 0 Å². The number of furan rings is 1. The fourth-order valence-corrected chi connectivity index (χ4v) is 12.8. The van der Waals surface area contributed by atoms with Gasteiger partial charge in [0.05, 0.1) is 0 Å². The number of rotatable bonds is 4. The first kappa shape index (κ1) is 50.4. The lowest BCUT2D eigenvalue weighted by Gasteiger charge is -2.30. The summed E-state index contributed by atoms with van der Waals surface area (Å²) in [5.74, 6) is 0. The van der Waals surface area contributed by atoms with E-state index >= 15 is 0 Å². The fourth-order valence-electron chi connectivity index (χ4n) is 12.8. The van der Waals surface area contributed by atoms with Gasteiger partial charge in [0.1, 0.15) is 152 Å². The predicted molar refractivity (Wildman–Crippen MR) is 357 cm³/mol. The Balaban J connectivity index is 1.10. The summed E-state index contributed by atoms with van der Waals surface area (Å²) < 4.78 is 6.28. The molecular weight excluding hydrogens is 931 g/mol. The summed E-state index contributed by atoms with van der Waals surface area (Å²) in [4.78, 5) is 0. The van der Waals surface area contributed by atoms with Gasteiger partial charge in [-0.3, -0.25) is 0 Å². The van der Waals surface area contributed by atoms with Gasteiger partial charge in [-0.15, -0.1) is 10.9 Å². The van der Waals surface area contributed by atoms with Gasteiger partial charge in [0, 0.05) is 10.8 Å². The van der Waals surface area contributed by atoms with Crippen LogP contribution in [0.3, 0.4) is 0 Å². The second-order valence-corrected chi connectivity index (χ2v) is 20.5. The Morgan fingerprint density at radius 2 is 0.544 bits per heavy atom. The first-order chi connectivity index (χ1) is 37.7. The molecule has 0 amide bonds. The van der Waals surface area contributed by atoms with Crippen molar-refractivity contribution in [3.63, 3.8) is 0 Å². The summed E-state index contributed by atoms with van der Waals surface area (Å²) in [6.45, 7) is 0. The van der Waals surface area contributed by atoms with Crippen molar-refractivity contribution in [3.8, 4) is 44.5 Å². The van der Waals surface area contributed by atoms with Crippen LogP contribution < -0.4 is 98.3 Å². The summed E-state index contributed by atoms with van der Waals surface area (Å²) >= 11 is 0. The van der Waals surface area contributed by atoms with E-state index < -0.39 is 0 Å². The van der Waals surface area contributed by atoms with Gasteiger partial charge in [0.2, 0.25) is 0 Å². The zero-order valence-corrected chi connectivity index (χ0v) is 42.0. The summed E-state index contributed by atoms with van der Waals surface area (Å²) in [5.41, 5.74) is 9.62. The average molecular weight is 947 g/mol. The molecule has 0 atom stereocenters. The molecule has 1 nitrogen and oxygen atoms in total. The van der Waals surface area contributed by atoms with Crippen LogP contribution in [0, 0.1) is 0 Å². The van der Waals surface area contributed by atoms with Crippen molar-refractivity contribution in [1.29, 1.82) is 0 Å². The number of fused-ring (bicyclic) bond motifs is 4. The van der Waals surface area contributed by atoms with Crippen LogP contribution in [0.2, 0.25) is 0 Å². The first-order valence-electron chi connectivity index (χ1n) is 24.9. The largest absolute Gasteiger partial charge is 0.456 e. The highest BCUT2D eigenvalue weighted by molar-refractivity contribution is 6.77. The van der Waals surface area contributed by atoms with Crippen LogP contribution in [-0.4, -0.2) is 141 Å². The van der Waals surface area contributed by atoms with Crippen LogP contribution in [0.25, 0.3) is 142 Å². The average Bonchev–Trinajstić information content (AvgIpc) is 3.05.